The van der Waals surface area contributed by atoms with E-state index in [1.807, 2.05) is 89.5 Å². The molecular weight excluding hydrogens is 558 g/mol. The maximum absolute atomic E-state index is 13.2. The highest BCUT2D eigenvalue weighted by molar-refractivity contribution is 5.87. The van der Waals surface area contributed by atoms with Crippen LogP contribution in [0.25, 0.3) is 22.4 Å². The molecule has 1 fully saturated rings. The third kappa shape index (κ3) is 7.09. The van der Waals surface area contributed by atoms with Crippen molar-refractivity contribution in [2.24, 2.45) is 0 Å². The maximum Gasteiger partial charge on any atom is 0.408 e. The predicted molar refractivity (Wildman–Crippen MR) is 163 cm³/mol. The molecule has 0 aliphatic carbocycles. The number of fused-ring (bicyclic) bond motifs is 1. The molecular formula is C34H33N5O5. The van der Waals surface area contributed by atoms with E-state index in [0.29, 0.717) is 11.2 Å². The van der Waals surface area contributed by atoms with Crippen LogP contribution in [-0.4, -0.2) is 44.2 Å². The standard InChI is InChI=1S/C34H33N5O5/c40-33(43-20-25-9-3-1-4-10-25)28(38-34(41)44-21-26-11-5-2-6-12-26)19-24-14-16-27(17-15-24)30-31-32(36-22-35-30)39(23-37-31)29-13-7-8-18-42-29/h1-6,9-12,14-17,22-23,28-29H,7-8,13,18-21H2,(H,38,41)/t28-,29?/m1/s1. The monoisotopic (exact) mass is 591 g/mol. The molecule has 1 N–H and O–H groups in total. The number of amides is 1. The van der Waals surface area contributed by atoms with Gasteiger partial charge in [-0.3, -0.25) is 4.57 Å². The zero-order valence-corrected chi connectivity index (χ0v) is 24.2. The second-order valence-corrected chi connectivity index (χ2v) is 10.6. The van der Waals surface area contributed by atoms with Crippen molar-refractivity contribution in [2.45, 2.75) is 51.2 Å². The molecule has 1 aliphatic rings. The van der Waals surface area contributed by atoms with E-state index in [1.165, 1.54) is 6.33 Å². The second-order valence-electron chi connectivity index (χ2n) is 10.6. The summed E-state index contributed by atoms with van der Waals surface area (Å²) in [6, 6.07) is 25.4. The number of hydrogen-bond donors (Lipinski definition) is 1. The third-order valence-corrected chi connectivity index (χ3v) is 7.51. The highest BCUT2D eigenvalue weighted by Crippen LogP contribution is 2.29. The zero-order chi connectivity index (χ0) is 30.1. The summed E-state index contributed by atoms with van der Waals surface area (Å²) in [6.45, 7) is 0.908. The van der Waals surface area contributed by atoms with E-state index >= 15 is 0 Å². The maximum atomic E-state index is 13.2. The molecule has 0 saturated carbocycles. The fourth-order valence-corrected chi connectivity index (χ4v) is 5.18. The van der Waals surface area contributed by atoms with Gasteiger partial charge in [-0.15, -0.1) is 0 Å². The van der Waals surface area contributed by atoms with E-state index in [-0.39, 0.29) is 25.9 Å². The summed E-state index contributed by atoms with van der Waals surface area (Å²) in [7, 11) is 0. The summed E-state index contributed by atoms with van der Waals surface area (Å²) in [5, 5.41) is 2.70. The van der Waals surface area contributed by atoms with Gasteiger partial charge in [0.05, 0.1) is 6.33 Å². The van der Waals surface area contributed by atoms with Crippen LogP contribution in [0.5, 0.6) is 0 Å². The van der Waals surface area contributed by atoms with Gasteiger partial charge in [0.25, 0.3) is 0 Å². The number of rotatable bonds is 10. The first-order valence-electron chi connectivity index (χ1n) is 14.7. The molecule has 5 aromatic rings. The van der Waals surface area contributed by atoms with E-state index in [4.69, 9.17) is 14.2 Å². The summed E-state index contributed by atoms with van der Waals surface area (Å²) < 4.78 is 18.9. The molecule has 2 aromatic heterocycles. The number of esters is 1. The largest absolute Gasteiger partial charge is 0.459 e. The van der Waals surface area contributed by atoms with E-state index in [2.05, 4.69) is 20.3 Å². The number of benzene rings is 3. The van der Waals surface area contributed by atoms with Gasteiger partial charge >= 0.3 is 12.1 Å². The van der Waals surface area contributed by atoms with E-state index in [1.54, 1.807) is 6.33 Å². The molecule has 1 unspecified atom stereocenters. The lowest BCUT2D eigenvalue weighted by molar-refractivity contribution is -0.147. The van der Waals surface area contributed by atoms with Gasteiger partial charge in [-0.2, -0.15) is 0 Å². The highest BCUT2D eigenvalue weighted by Gasteiger charge is 2.25. The van der Waals surface area contributed by atoms with Crippen molar-refractivity contribution in [1.29, 1.82) is 0 Å². The molecule has 2 atom stereocenters. The van der Waals surface area contributed by atoms with Crippen LogP contribution in [0.2, 0.25) is 0 Å². The molecule has 0 radical (unpaired) electrons. The van der Waals surface area contributed by atoms with Gasteiger partial charge in [-0.25, -0.2) is 24.5 Å². The molecule has 44 heavy (non-hydrogen) atoms. The average molecular weight is 592 g/mol. The molecule has 10 heteroatoms. The van der Waals surface area contributed by atoms with Crippen LogP contribution in [0.4, 0.5) is 4.79 Å². The Morgan fingerprint density at radius 3 is 2.23 bits per heavy atom. The fourth-order valence-electron chi connectivity index (χ4n) is 5.18. The molecule has 6 rings (SSSR count). The number of imidazole rings is 1. The van der Waals surface area contributed by atoms with Crippen LogP contribution in [0, 0.1) is 0 Å². The first kappa shape index (κ1) is 29.0. The normalized spacial score (nSPS) is 15.4. The van der Waals surface area contributed by atoms with Crippen molar-refractivity contribution in [3.05, 3.63) is 114 Å². The average Bonchev–Trinajstić information content (AvgIpc) is 3.52. The number of hydrogen-bond acceptors (Lipinski definition) is 8. The lowest BCUT2D eigenvalue weighted by atomic mass is 10.0. The fraction of sp³-hybridized carbons (Fsp3) is 0.265. The van der Waals surface area contributed by atoms with E-state index in [9.17, 15) is 9.59 Å². The summed E-state index contributed by atoms with van der Waals surface area (Å²) in [5.41, 5.74) is 5.50. The van der Waals surface area contributed by atoms with Crippen LogP contribution in [-0.2, 0) is 38.6 Å². The molecule has 3 aromatic carbocycles. The molecule has 0 bridgehead atoms. The minimum absolute atomic E-state index is 0.0793. The van der Waals surface area contributed by atoms with Crippen molar-refractivity contribution in [3.63, 3.8) is 0 Å². The van der Waals surface area contributed by atoms with Gasteiger partial charge in [0.15, 0.2) is 5.65 Å². The van der Waals surface area contributed by atoms with Crippen molar-refractivity contribution in [3.8, 4) is 11.3 Å². The van der Waals surface area contributed by atoms with Crippen LogP contribution in [0.3, 0.4) is 0 Å². The first-order chi connectivity index (χ1) is 21.6. The summed E-state index contributed by atoms with van der Waals surface area (Å²) in [6.07, 6.45) is 5.81. The number of carbonyl (C=O) groups is 2. The van der Waals surface area contributed by atoms with Crippen molar-refractivity contribution in [2.75, 3.05) is 6.61 Å². The van der Waals surface area contributed by atoms with Crippen LogP contribution < -0.4 is 5.32 Å². The number of nitrogens with one attached hydrogen (secondary N) is 1. The number of aromatic nitrogens is 4. The molecule has 1 saturated heterocycles. The van der Waals surface area contributed by atoms with Crippen molar-refractivity contribution >= 4 is 23.2 Å². The quantitative estimate of drug-likeness (QED) is 0.203. The Morgan fingerprint density at radius 2 is 1.55 bits per heavy atom. The number of nitrogens with zero attached hydrogens (tertiary/aromatic N) is 4. The number of ether oxygens (including phenoxy) is 3. The topological polar surface area (TPSA) is 117 Å². The van der Waals surface area contributed by atoms with Gasteiger partial charge in [0, 0.05) is 18.6 Å². The Labute approximate surface area is 255 Å². The lowest BCUT2D eigenvalue weighted by Gasteiger charge is -2.23. The minimum atomic E-state index is -0.954. The third-order valence-electron chi connectivity index (χ3n) is 7.51. The Bertz CT molecular complexity index is 1690. The molecule has 3 heterocycles. The second kappa shape index (κ2) is 13.9. The minimum Gasteiger partial charge on any atom is -0.459 e. The zero-order valence-electron chi connectivity index (χ0n) is 24.2. The van der Waals surface area contributed by atoms with Crippen molar-refractivity contribution in [1.82, 2.24) is 24.8 Å². The Morgan fingerprint density at radius 1 is 0.841 bits per heavy atom. The number of alkyl carbamates (subject to hydrolysis) is 1. The van der Waals surface area contributed by atoms with E-state index in [0.717, 1.165) is 53.8 Å². The summed E-state index contributed by atoms with van der Waals surface area (Å²) in [5.74, 6) is -0.553. The Hall–Kier alpha value is -5.09. The van der Waals surface area contributed by atoms with Gasteiger partial charge in [-0.1, -0.05) is 84.9 Å². The van der Waals surface area contributed by atoms with E-state index < -0.39 is 18.1 Å². The van der Waals surface area contributed by atoms with Gasteiger partial charge in [0.2, 0.25) is 0 Å². The predicted octanol–water partition coefficient (Wildman–Crippen LogP) is 5.77. The molecule has 1 aliphatic heterocycles. The van der Waals surface area contributed by atoms with Gasteiger partial charge in [0.1, 0.15) is 43.0 Å². The molecule has 1 amide bonds. The van der Waals surface area contributed by atoms with Crippen LogP contribution in [0.15, 0.2) is 97.6 Å². The Balaban J connectivity index is 1.16. The highest BCUT2D eigenvalue weighted by atomic mass is 16.6. The molecule has 0 spiro atoms. The van der Waals surface area contributed by atoms with Crippen LogP contribution in [0.1, 0.15) is 42.2 Å². The molecule has 224 valence electrons. The SMILES string of the molecule is O=C(N[C@H](Cc1ccc(-c2ncnc3c2ncn3C2CCCCO2)cc1)C(=O)OCc1ccccc1)OCc1ccccc1. The van der Waals surface area contributed by atoms with Crippen LogP contribution >= 0.6 is 0 Å². The summed E-state index contributed by atoms with van der Waals surface area (Å²) in [4.78, 5) is 39.5. The lowest BCUT2D eigenvalue weighted by Crippen LogP contribution is -2.43. The van der Waals surface area contributed by atoms with Crippen molar-refractivity contribution < 1.29 is 23.8 Å². The van der Waals surface area contributed by atoms with Gasteiger partial charge < -0.3 is 19.5 Å². The van der Waals surface area contributed by atoms with Gasteiger partial charge in [-0.05, 0) is 36.0 Å². The smallest absolute Gasteiger partial charge is 0.408 e. The first-order valence-corrected chi connectivity index (χ1v) is 14.7. The Kier molecular flexibility index (Phi) is 9.18. The molecule has 10 nitrogen and oxygen atoms in total. The number of carbonyl (C=O) groups excluding carboxylic acids is 2. The summed E-state index contributed by atoms with van der Waals surface area (Å²) >= 11 is 0.